The Hall–Kier alpha value is -3.71. The summed E-state index contributed by atoms with van der Waals surface area (Å²) in [5.74, 6) is 5.10. The minimum Gasteiger partial charge on any atom is -0.460 e. The van der Waals surface area contributed by atoms with Crippen molar-refractivity contribution >= 4 is 22.4 Å². The number of ether oxygens (including phenoxy) is 2. The predicted molar refractivity (Wildman–Crippen MR) is 109 cm³/mol. The third kappa shape index (κ3) is 4.27. The number of rotatable bonds is 8. The third-order valence-corrected chi connectivity index (χ3v) is 5.02. The molecule has 162 valence electrons. The van der Waals surface area contributed by atoms with Crippen LogP contribution in [0.3, 0.4) is 0 Å². The van der Waals surface area contributed by atoms with Crippen LogP contribution in [0.4, 0.5) is 5.69 Å². The molecule has 0 spiro atoms. The summed E-state index contributed by atoms with van der Waals surface area (Å²) in [5.41, 5.74) is -0.0799. The molecule has 5 unspecified atom stereocenters. The molecular weight excluding hydrogens is 412 g/mol. The molecule has 2 aromatic rings. The maximum Gasteiger partial charge on any atom is 0.233 e. The SMILES string of the molecule is CC(=O)N(N)C1C(Oc2cc3ccccc3cc2N=O)OC(CN=O)C(N=O)C1N=O. The average molecular weight is 430 g/mol. The number of hydrazine groups is 1. The van der Waals surface area contributed by atoms with Crippen LogP contribution in [0.15, 0.2) is 57.1 Å². The van der Waals surface area contributed by atoms with E-state index in [0.29, 0.717) is 10.4 Å². The van der Waals surface area contributed by atoms with Crippen molar-refractivity contribution in [1.29, 1.82) is 0 Å². The van der Waals surface area contributed by atoms with Gasteiger partial charge in [0.05, 0.1) is 0 Å². The topological polar surface area (TPSA) is 183 Å². The number of nitrogens with zero attached hydrogens (tertiary/aromatic N) is 5. The Kier molecular flexibility index (Phi) is 6.67. The van der Waals surface area contributed by atoms with Gasteiger partial charge in [-0.2, -0.15) is 14.7 Å². The molecule has 0 bridgehead atoms. The minimum atomic E-state index is -1.50. The standard InChI is InChI=1S/C18H18N6O7/c1-9(25)24(19)17-16(23-29)15(22-28)14(8-20-26)31-18(17)30-13-7-11-5-3-2-4-10(11)6-12(13)21-27/h2-7,14-18H,8,19H2,1H3. The number of benzene rings is 2. The van der Waals surface area contributed by atoms with Gasteiger partial charge in [0, 0.05) is 6.92 Å². The average Bonchev–Trinajstić information content (AvgIpc) is 2.77. The Balaban J connectivity index is 2.06. The van der Waals surface area contributed by atoms with E-state index in [1.807, 2.05) is 0 Å². The fourth-order valence-corrected chi connectivity index (χ4v) is 3.50. The van der Waals surface area contributed by atoms with Crippen LogP contribution in [0.5, 0.6) is 5.75 Å². The van der Waals surface area contributed by atoms with Crippen LogP contribution < -0.4 is 10.6 Å². The van der Waals surface area contributed by atoms with Crippen LogP contribution in [0.2, 0.25) is 0 Å². The largest absolute Gasteiger partial charge is 0.460 e. The maximum absolute atomic E-state index is 11.9. The van der Waals surface area contributed by atoms with Crippen LogP contribution in [0.1, 0.15) is 6.92 Å². The van der Waals surface area contributed by atoms with Crippen LogP contribution >= 0.6 is 0 Å². The van der Waals surface area contributed by atoms with E-state index in [-0.39, 0.29) is 11.4 Å². The number of carbonyl (C=O) groups is 1. The predicted octanol–water partition coefficient (Wildman–Crippen LogP) is 2.47. The maximum atomic E-state index is 11.9. The van der Waals surface area contributed by atoms with Crippen LogP contribution in [0, 0.1) is 19.6 Å². The number of carbonyl (C=O) groups excluding carboxylic acids is 1. The van der Waals surface area contributed by atoms with Gasteiger partial charge in [-0.15, -0.1) is 4.91 Å². The van der Waals surface area contributed by atoms with E-state index in [0.717, 1.165) is 12.3 Å². The molecule has 1 fully saturated rings. The van der Waals surface area contributed by atoms with Crippen molar-refractivity contribution in [2.45, 2.75) is 37.4 Å². The molecule has 13 heteroatoms. The van der Waals surface area contributed by atoms with Gasteiger partial charge in [-0.25, -0.2) is 5.84 Å². The first-order valence-electron chi connectivity index (χ1n) is 9.12. The summed E-state index contributed by atoms with van der Waals surface area (Å²) in [6, 6.07) is 5.77. The monoisotopic (exact) mass is 430 g/mol. The lowest BCUT2D eigenvalue weighted by Gasteiger charge is -2.43. The first-order chi connectivity index (χ1) is 14.9. The first kappa shape index (κ1) is 22.0. The van der Waals surface area contributed by atoms with Gasteiger partial charge in [0.25, 0.3) is 0 Å². The molecule has 3 rings (SSSR count). The Labute approximate surface area is 174 Å². The Morgan fingerprint density at radius 2 is 1.74 bits per heavy atom. The van der Waals surface area contributed by atoms with Crippen molar-refractivity contribution in [3.8, 4) is 5.75 Å². The second-order valence-electron chi connectivity index (χ2n) is 6.84. The van der Waals surface area contributed by atoms with Gasteiger partial charge in [0.15, 0.2) is 11.4 Å². The second kappa shape index (κ2) is 9.40. The molecule has 0 aromatic heterocycles. The molecular formula is C18H18N6O7. The minimum absolute atomic E-state index is 0.0272. The second-order valence-corrected chi connectivity index (χ2v) is 6.84. The number of hydrogen-bond acceptors (Lipinski definition) is 12. The Morgan fingerprint density at radius 1 is 1.10 bits per heavy atom. The van der Waals surface area contributed by atoms with Crippen molar-refractivity contribution in [3.05, 3.63) is 56.0 Å². The summed E-state index contributed by atoms with van der Waals surface area (Å²) in [5, 5.41) is 13.4. The molecule has 5 atom stereocenters. The van der Waals surface area contributed by atoms with E-state index in [4.69, 9.17) is 15.3 Å². The summed E-state index contributed by atoms with van der Waals surface area (Å²) in [6.07, 6.45) is -2.74. The highest BCUT2D eigenvalue weighted by atomic mass is 16.7. The fraction of sp³-hybridized carbons (Fsp3) is 0.389. The van der Waals surface area contributed by atoms with E-state index >= 15 is 0 Å². The zero-order valence-corrected chi connectivity index (χ0v) is 16.2. The highest BCUT2D eigenvalue weighted by Crippen LogP contribution is 2.36. The lowest BCUT2D eigenvalue weighted by Crippen LogP contribution is -2.66. The highest BCUT2D eigenvalue weighted by Gasteiger charge is 2.52. The van der Waals surface area contributed by atoms with Crippen LogP contribution in [-0.2, 0) is 9.53 Å². The quantitative estimate of drug-likeness (QED) is 0.286. The summed E-state index contributed by atoms with van der Waals surface area (Å²) in [4.78, 5) is 57.0. The van der Waals surface area contributed by atoms with Gasteiger partial charge in [-0.05, 0) is 28.1 Å². The van der Waals surface area contributed by atoms with Crippen molar-refractivity contribution in [2.24, 2.45) is 26.6 Å². The summed E-state index contributed by atoms with van der Waals surface area (Å²) in [7, 11) is 0. The molecule has 1 aliphatic heterocycles. The van der Waals surface area contributed by atoms with E-state index in [9.17, 15) is 24.4 Å². The molecule has 0 saturated carbocycles. The molecule has 1 heterocycles. The van der Waals surface area contributed by atoms with Crippen molar-refractivity contribution in [3.63, 3.8) is 0 Å². The van der Waals surface area contributed by atoms with Gasteiger partial charge in [-0.1, -0.05) is 39.8 Å². The third-order valence-electron chi connectivity index (χ3n) is 5.02. The molecule has 31 heavy (non-hydrogen) atoms. The number of amides is 1. The van der Waals surface area contributed by atoms with Gasteiger partial charge in [-0.3, -0.25) is 9.80 Å². The highest BCUT2D eigenvalue weighted by molar-refractivity contribution is 5.88. The normalized spacial score (nSPS) is 25.4. The van der Waals surface area contributed by atoms with Crippen molar-refractivity contribution in [1.82, 2.24) is 5.01 Å². The molecule has 13 nitrogen and oxygen atoms in total. The summed E-state index contributed by atoms with van der Waals surface area (Å²) in [6.45, 7) is 0.589. The van der Waals surface area contributed by atoms with E-state index < -0.39 is 43.0 Å². The molecule has 0 aliphatic carbocycles. The van der Waals surface area contributed by atoms with E-state index in [1.54, 1.807) is 24.3 Å². The Morgan fingerprint density at radius 3 is 2.29 bits per heavy atom. The summed E-state index contributed by atoms with van der Waals surface area (Å²) < 4.78 is 11.4. The molecule has 2 N–H and O–H groups in total. The van der Waals surface area contributed by atoms with E-state index in [1.165, 1.54) is 12.1 Å². The van der Waals surface area contributed by atoms with Crippen LogP contribution in [-0.4, -0.2) is 48.0 Å². The molecule has 2 aromatic carbocycles. The van der Waals surface area contributed by atoms with Gasteiger partial charge in [0.2, 0.25) is 12.2 Å². The zero-order valence-electron chi connectivity index (χ0n) is 16.2. The molecule has 1 aliphatic rings. The van der Waals surface area contributed by atoms with E-state index in [2.05, 4.69) is 20.7 Å². The van der Waals surface area contributed by atoms with Crippen molar-refractivity contribution < 1.29 is 14.3 Å². The van der Waals surface area contributed by atoms with Crippen molar-refractivity contribution in [2.75, 3.05) is 6.54 Å². The zero-order chi connectivity index (χ0) is 22.5. The molecule has 1 amide bonds. The molecule has 1 saturated heterocycles. The number of fused-ring (bicyclic) bond motifs is 1. The summed E-state index contributed by atoms with van der Waals surface area (Å²) >= 11 is 0. The Bertz CT molecular complexity index is 1020. The van der Waals surface area contributed by atoms with Gasteiger partial charge >= 0.3 is 0 Å². The first-order valence-corrected chi connectivity index (χ1v) is 9.12. The lowest BCUT2D eigenvalue weighted by molar-refractivity contribution is -0.197. The number of nitrogens with two attached hydrogens (primary N) is 1. The van der Waals surface area contributed by atoms with Gasteiger partial charge < -0.3 is 9.47 Å². The fourth-order valence-electron chi connectivity index (χ4n) is 3.50. The van der Waals surface area contributed by atoms with Crippen LogP contribution in [0.25, 0.3) is 10.8 Å². The molecule has 0 radical (unpaired) electrons. The lowest BCUT2D eigenvalue weighted by atomic mass is 9.92. The number of hydrogen-bond donors (Lipinski definition) is 1. The van der Waals surface area contributed by atoms with Gasteiger partial charge in [0.1, 0.15) is 30.8 Å². The number of nitroso groups, excluding NO2 is 4. The smallest absolute Gasteiger partial charge is 0.233 e.